The summed E-state index contributed by atoms with van der Waals surface area (Å²) in [6, 6.07) is 26.7. The second-order valence-corrected chi connectivity index (χ2v) is 12.2. The fraction of sp³-hybridized carbons (Fsp3) is 0.200. The largest absolute Gasteiger partial charge is 0.549 e. The van der Waals surface area contributed by atoms with Crippen LogP contribution in [0.3, 0.4) is 0 Å². The zero-order valence-electron chi connectivity index (χ0n) is 21.1. The van der Waals surface area contributed by atoms with Crippen LogP contribution in [-0.2, 0) is 4.79 Å². The molecule has 0 spiro atoms. The van der Waals surface area contributed by atoms with Crippen LogP contribution in [0.15, 0.2) is 89.3 Å². The maximum atomic E-state index is 12.3. The van der Waals surface area contributed by atoms with Gasteiger partial charge in [0.05, 0.1) is 0 Å². The van der Waals surface area contributed by atoms with Gasteiger partial charge in [0.1, 0.15) is 17.0 Å². The highest BCUT2D eigenvalue weighted by Gasteiger charge is 2.25. The minimum absolute atomic E-state index is 0.0220. The van der Waals surface area contributed by atoms with E-state index in [0.717, 1.165) is 16.9 Å². The van der Waals surface area contributed by atoms with Crippen LogP contribution in [0.5, 0.6) is 5.75 Å². The topological polar surface area (TPSA) is 72.6 Å². The number of rotatable bonds is 9. The molecular formula is C30H31NO4Si. The van der Waals surface area contributed by atoms with Crippen molar-refractivity contribution in [2.75, 3.05) is 0 Å². The molecule has 1 aromatic heterocycles. The highest BCUT2D eigenvalue weighted by atomic mass is 28.2. The van der Waals surface area contributed by atoms with Gasteiger partial charge in [-0.15, -0.1) is 0 Å². The van der Waals surface area contributed by atoms with Gasteiger partial charge in [-0.25, -0.2) is 9.78 Å². The maximum Gasteiger partial charge on any atom is 0.341 e. The molecule has 0 aliphatic rings. The van der Waals surface area contributed by atoms with E-state index in [1.165, 1.54) is 0 Å². The van der Waals surface area contributed by atoms with E-state index in [0.29, 0.717) is 22.9 Å². The van der Waals surface area contributed by atoms with Crippen LogP contribution < -0.4 is 4.43 Å². The lowest BCUT2D eigenvalue weighted by Crippen LogP contribution is -2.24. The van der Waals surface area contributed by atoms with Crippen molar-refractivity contribution in [3.63, 3.8) is 0 Å². The summed E-state index contributed by atoms with van der Waals surface area (Å²) in [5, 5.41) is 10.2. The predicted molar refractivity (Wildman–Crippen MR) is 147 cm³/mol. The average Bonchev–Trinajstić information content (AvgIpc) is 3.32. The lowest BCUT2D eigenvalue weighted by molar-refractivity contribution is -0.130. The van der Waals surface area contributed by atoms with Gasteiger partial charge in [-0.1, -0.05) is 100 Å². The van der Waals surface area contributed by atoms with Crippen LogP contribution in [-0.4, -0.2) is 25.8 Å². The van der Waals surface area contributed by atoms with Crippen LogP contribution >= 0.6 is 0 Å². The first-order valence-corrected chi connectivity index (χ1v) is 13.3. The molecule has 0 fully saturated rings. The van der Waals surface area contributed by atoms with Crippen LogP contribution in [0.4, 0.5) is 0 Å². The summed E-state index contributed by atoms with van der Waals surface area (Å²) in [5.41, 5.74) is 2.97. The molecule has 0 saturated carbocycles. The Kier molecular flexibility index (Phi) is 7.55. The molecule has 0 atom stereocenters. The van der Waals surface area contributed by atoms with E-state index >= 15 is 0 Å². The third-order valence-electron chi connectivity index (χ3n) is 6.51. The molecule has 0 saturated heterocycles. The first kappa shape index (κ1) is 25.2. The summed E-state index contributed by atoms with van der Waals surface area (Å²) in [6.45, 7) is 8.87. The molecule has 36 heavy (non-hydrogen) atoms. The maximum absolute atomic E-state index is 12.3. The van der Waals surface area contributed by atoms with Crippen molar-refractivity contribution >= 4 is 27.4 Å². The highest BCUT2D eigenvalue weighted by Crippen LogP contribution is 2.36. The van der Waals surface area contributed by atoms with Crippen molar-refractivity contribution in [2.24, 2.45) is 5.92 Å². The zero-order valence-corrected chi connectivity index (χ0v) is 22.5. The Morgan fingerprint density at radius 1 is 0.972 bits per heavy atom. The van der Waals surface area contributed by atoms with Gasteiger partial charge in [0.15, 0.2) is 5.76 Å². The van der Waals surface area contributed by atoms with E-state index in [2.05, 4.69) is 32.7 Å². The van der Waals surface area contributed by atoms with Gasteiger partial charge in [0, 0.05) is 11.1 Å². The summed E-state index contributed by atoms with van der Waals surface area (Å²) in [6.07, 6.45) is 1.58. The van der Waals surface area contributed by atoms with Gasteiger partial charge in [0.2, 0.25) is 15.7 Å². The molecular weight excluding hydrogens is 466 g/mol. The monoisotopic (exact) mass is 497 g/mol. The number of aromatic nitrogens is 1. The lowest BCUT2D eigenvalue weighted by Gasteiger charge is -2.28. The zero-order chi connectivity index (χ0) is 25.7. The summed E-state index contributed by atoms with van der Waals surface area (Å²) < 4.78 is 12.3. The number of carboxylic acid groups (broad SMARTS) is 1. The van der Waals surface area contributed by atoms with Gasteiger partial charge >= 0.3 is 5.97 Å². The number of carbonyl (C=O) groups is 1. The second kappa shape index (κ2) is 10.8. The van der Waals surface area contributed by atoms with E-state index in [1.807, 2.05) is 84.9 Å². The number of aliphatic carboxylic acids is 1. The molecule has 0 bridgehead atoms. The fourth-order valence-electron chi connectivity index (χ4n) is 3.52. The summed E-state index contributed by atoms with van der Waals surface area (Å²) in [5.74, 6) is 0.742. The number of carboxylic acids is 1. The quantitative estimate of drug-likeness (QED) is 0.200. The molecule has 5 nitrogen and oxygen atoms in total. The van der Waals surface area contributed by atoms with Crippen molar-refractivity contribution in [3.05, 3.63) is 96.4 Å². The third-order valence-corrected chi connectivity index (χ3v) is 8.55. The van der Waals surface area contributed by atoms with Crippen LogP contribution in [0.25, 0.3) is 34.2 Å². The van der Waals surface area contributed by atoms with Crippen LogP contribution in [0.1, 0.15) is 39.1 Å². The molecule has 184 valence electrons. The Morgan fingerprint density at radius 2 is 1.61 bits per heavy atom. The van der Waals surface area contributed by atoms with Crippen molar-refractivity contribution < 1.29 is 18.7 Å². The molecule has 1 heterocycles. The number of benzene rings is 3. The lowest BCUT2D eigenvalue weighted by atomic mass is 9.99. The van der Waals surface area contributed by atoms with E-state index in [1.54, 1.807) is 6.08 Å². The Bertz CT molecular complexity index is 1300. The van der Waals surface area contributed by atoms with E-state index in [4.69, 9.17) is 8.84 Å². The Balaban J connectivity index is 1.72. The minimum Gasteiger partial charge on any atom is -0.549 e. The number of hydrogen-bond donors (Lipinski definition) is 1. The standard InChI is InChI=1S/C30H31NO4Si/c1-20(2)30(3,4)36-35-24-17-11-12-21(18-24)19-25(29(32)33)28-31-26(22-13-7-5-8-14-22)27(34-28)23-15-9-6-10-16-23/h5-20H,36H2,1-4H3,(H,32,33). The predicted octanol–water partition coefficient (Wildman–Crippen LogP) is 6.95. The first-order chi connectivity index (χ1) is 17.2. The normalized spacial score (nSPS) is 12.4. The smallest absolute Gasteiger partial charge is 0.341 e. The molecule has 1 N–H and O–H groups in total. The molecule has 0 unspecified atom stereocenters. The van der Waals surface area contributed by atoms with Gasteiger partial charge in [-0.05, 0) is 34.7 Å². The summed E-state index contributed by atoms with van der Waals surface area (Å²) in [7, 11) is -0.845. The van der Waals surface area contributed by atoms with Gasteiger partial charge < -0.3 is 13.9 Å². The van der Waals surface area contributed by atoms with E-state index in [-0.39, 0.29) is 16.5 Å². The van der Waals surface area contributed by atoms with E-state index < -0.39 is 15.7 Å². The van der Waals surface area contributed by atoms with Gasteiger partial charge in [0.25, 0.3) is 0 Å². The molecule has 4 aromatic rings. The van der Waals surface area contributed by atoms with Crippen LogP contribution in [0, 0.1) is 5.92 Å². The molecule has 0 radical (unpaired) electrons. The Hall–Kier alpha value is -3.90. The van der Waals surface area contributed by atoms with Crippen molar-refractivity contribution in [2.45, 2.75) is 32.7 Å². The molecule has 0 aliphatic heterocycles. The van der Waals surface area contributed by atoms with Crippen LogP contribution in [0.2, 0.25) is 5.04 Å². The minimum atomic E-state index is -1.11. The fourth-order valence-corrected chi connectivity index (χ4v) is 4.58. The SMILES string of the molecule is CC(C)C(C)(C)[SiH2]Oc1cccc(C=C(C(=O)O)c2nc(-c3ccccc3)c(-c3ccccc3)o2)c1. The molecule has 6 heteroatoms. The molecule has 3 aromatic carbocycles. The van der Waals surface area contributed by atoms with Gasteiger partial charge in [-0.3, -0.25) is 0 Å². The van der Waals surface area contributed by atoms with Gasteiger partial charge in [-0.2, -0.15) is 0 Å². The number of oxazole rings is 1. The average molecular weight is 498 g/mol. The Morgan fingerprint density at radius 3 is 2.22 bits per heavy atom. The summed E-state index contributed by atoms with van der Waals surface area (Å²) in [4.78, 5) is 17.0. The number of hydrogen-bond acceptors (Lipinski definition) is 4. The van der Waals surface area contributed by atoms with E-state index in [9.17, 15) is 9.90 Å². The van der Waals surface area contributed by atoms with Crippen molar-refractivity contribution in [1.29, 1.82) is 0 Å². The Labute approximate surface area is 214 Å². The molecule has 0 amide bonds. The second-order valence-electron chi connectivity index (χ2n) is 9.80. The third kappa shape index (κ3) is 5.83. The first-order valence-electron chi connectivity index (χ1n) is 12.0. The molecule has 0 aliphatic carbocycles. The highest BCUT2D eigenvalue weighted by molar-refractivity contribution is 6.33. The van der Waals surface area contributed by atoms with Crippen molar-refractivity contribution in [3.8, 4) is 28.3 Å². The number of nitrogens with zero attached hydrogens (tertiary/aromatic N) is 1. The molecule has 4 rings (SSSR count). The summed E-state index contributed by atoms with van der Waals surface area (Å²) >= 11 is 0. The van der Waals surface area contributed by atoms with Crippen molar-refractivity contribution in [1.82, 2.24) is 4.98 Å².